The summed E-state index contributed by atoms with van der Waals surface area (Å²) in [5, 5.41) is 0. The van der Waals surface area contributed by atoms with E-state index in [0.29, 0.717) is 43.7 Å². The number of Topliss-reactive ketones (excluding diaryl/α,β-unsaturated/α-hetero) is 1. The molecule has 29 heavy (non-hydrogen) atoms. The number of carbonyl (C=O) groups excluding carboxylic acids is 2. The number of hydrogen-bond donors (Lipinski definition) is 0. The molecule has 1 spiro atoms. The van der Waals surface area contributed by atoms with Crippen LogP contribution in [0.3, 0.4) is 0 Å². The average Bonchev–Trinajstić information content (AvgIpc) is 2.66. The van der Waals surface area contributed by atoms with Gasteiger partial charge in [-0.25, -0.2) is 0 Å². The predicted molar refractivity (Wildman–Crippen MR) is 109 cm³/mol. The molecule has 152 valence electrons. The fourth-order valence-electron chi connectivity index (χ4n) is 4.42. The molecule has 1 fully saturated rings. The van der Waals surface area contributed by atoms with E-state index >= 15 is 0 Å². The van der Waals surface area contributed by atoms with Crippen LogP contribution in [0.2, 0.25) is 0 Å². The van der Waals surface area contributed by atoms with E-state index < -0.39 is 5.60 Å². The summed E-state index contributed by atoms with van der Waals surface area (Å²) in [5.41, 5.74) is 2.72. The number of carbonyl (C=O) groups is 2. The van der Waals surface area contributed by atoms with E-state index in [1.165, 1.54) is 0 Å². The Morgan fingerprint density at radius 2 is 1.69 bits per heavy atom. The maximum absolute atomic E-state index is 12.8. The van der Waals surface area contributed by atoms with Gasteiger partial charge in [-0.15, -0.1) is 0 Å². The number of benzene rings is 1. The number of ketones is 1. The largest absolute Gasteiger partial charge is 0.486 e. The number of aryl methyl sites for hydroxylation is 3. The van der Waals surface area contributed by atoms with E-state index in [1.807, 2.05) is 48.4 Å². The van der Waals surface area contributed by atoms with Crippen LogP contribution >= 0.6 is 0 Å². The van der Waals surface area contributed by atoms with Gasteiger partial charge in [-0.1, -0.05) is 11.6 Å². The summed E-state index contributed by atoms with van der Waals surface area (Å²) in [7, 11) is 0. The highest BCUT2D eigenvalue weighted by Crippen LogP contribution is 2.39. The first kappa shape index (κ1) is 19.4. The lowest BCUT2D eigenvalue weighted by atomic mass is 9.82. The van der Waals surface area contributed by atoms with Crippen LogP contribution in [0.25, 0.3) is 0 Å². The van der Waals surface area contributed by atoms with Crippen molar-refractivity contribution in [2.75, 3.05) is 13.1 Å². The highest BCUT2D eigenvalue weighted by Gasteiger charge is 2.43. The first-order valence-electron chi connectivity index (χ1n) is 10.1. The Morgan fingerprint density at radius 3 is 2.34 bits per heavy atom. The van der Waals surface area contributed by atoms with Gasteiger partial charge in [0.15, 0.2) is 11.2 Å². The number of ether oxygens (including phenoxy) is 1. The maximum atomic E-state index is 12.8. The van der Waals surface area contributed by atoms with Crippen molar-refractivity contribution in [3.8, 4) is 5.75 Å². The number of rotatable bonds is 2. The minimum absolute atomic E-state index is 0.0212. The van der Waals surface area contributed by atoms with Crippen LogP contribution in [0.15, 0.2) is 35.1 Å². The second-order valence-corrected chi connectivity index (χ2v) is 8.33. The van der Waals surface area contributed by atoms with Gasteiger partial charge in [-0.3, -0.25) is 14.4 Å². The molecule has 1 aromatic carbocycles. The molecule has 4 rings (SSSR count). The molecule has 0 N–H and O–H groups in total. The summed E-state index contributed by atoms with van der Waals surface area (Å²) in [5.74, 6) is 0.799. The second kappa shape index (κ2) is 7.17. The number of fused-ring (bicyclic) bond motifs is 1. The van der Waals surface area contributed by atoms with Crippen LogP contribution in [-0.4, -0.2) is 39.8 Å². The van der Waals surface area contributed by atoms with Crippen molar-refractivity contribution < 1.29 is 14.3 Å². The minimum atomic E-state index is -0.515. The van der Waals surface area contributed by atoms with Crippen molar-refractivity contribution >= 4 is 11.7 Å². The molecule has 0 bridgehead atoms. The van der Waals surface area contributed by atoms with E-state index in [0.717, 1.165) is 17.0 Å². The number of piperidine rings is 1. The third kappa shape index (κ3) is 3.71. The summed E-state index contributed by atoms with van der Waals surface area (Å²) in [4.78, 5) is 39.0. The molecule has 0 atom stereocenters. The standard InChI is InChI=1S/C23H26N2O4/c1-15-4-5-21-19(10-15)20(27)13-23(29-21)6-8-24(9-7-23)22(28)14-25-16(2)11-18(26)12-17(25)3/h4-5,10-12H,6-9,13-14H2,1-3H3. The Balaban J connectivity index is 1.45. The van der Waals surface area contributed by atoms with Gasteiger partial charge in [0, 0.05) is 49.5 Å². The average molecular weight is 394 g/mol. The van der Waals surface area contributed by atoms with Crippen molar-refractivity contribution in [2.24, 2.45) is 0 Å². The van der Waals surface area contributed by atoms with Crippen LogP contribution in [0.4, 0.5) is 0 Å². The first-order valence-corrected chi connectivity index (χ1v) is 10.1. The molecule has 0 saturated carbocycles. The van der Waals surface area contributed by atoms with Crippen molar-refractivity contribution in [3.05, 3.63) is 63.1 Å². The van der Waals surface area contributed by atoms with E-state index in [9.17, 15) is 14.4 Å². The zero-order chi connectivity index (χ0) is 20.8. The Labute approximate surface area is 170 Å². The van der Waals surface area contributed by atoms with E-state index in [4.69, 9.17) is 4.74 Å². The van der Waals surface area contributed by atoms with E-state index in [1.54, 1.807) is 12.1 Å². The lowest BCUT2D eigenvalue weighted by molar-refractivity contribution is -0.135. The normalized spacial score (nSPS) is 17.8. The smallest absolute Gasteiger partial charge is 0.242 e. The van der Waals surface area contributed by atoms with Gasteiger partial charge in [-0.2, -0.15) is 0 Å². The molecule has 6 heteroatoms. The SMILES string of the molecule is Cc1ccc2c(c1)C(=O)CC1(CCN(C(=O)Cn3c(C)cc(=O)cc3C)CC1)O2. The molecular formula is C23H26N2O4. The number of likely N-dealkylation sites (tertiary alicyclic amines) is 1. The van der Waals surface area contributed by atoms with Gasteiger partial charge in [0.05, 0.1) is 12.0 Å². The first-order chi connectivity index (χ1) is 13.8. The zero-order valence-electron chi connectivity index (χ0n) is 17.2. The molecule has 1 saturated heterocycles. The highest BCUT2D eigenvalue weighted by molar-refractivity contribution is 6.00. The summed E-state index contributed by atoms with van der Waals surface area (Å²) in [6.45, 7) is 6.99. The summed E-state index contributed by atoms with van der Waals surface area (Å²) >= 11 is 0. The predicted octanol–water partition coefficient (Wildman–Crippen LogP) is 2.80. The number of pyridine rings is 1. The molecule has 3 heterocycles. The number of amides is 1. The molecule has 2 aliphatic rings. The van der Waals surface area contributed by atoms with Crippen LogP contribution < -0.4 is 10.2 Å². The van der Waals surface area contributed by atoms with E-state index in [2.05, 4.69) is 0 Å². The molecule has 0 radical (unpaired) electrons. The molecule has 1 aromatic heterocycles. The molecule has 0 unspecified atom stereocenters. The van der Waals surface area contributed by atoms with Crippen molar-refractivity contribution in [3.63, 3.8) is 0 Å². The Hall–Kier alpha value is -2.89. The maximum Gasteiger partial charge on any atom is 0.242 e. The number of hydrogen-bond acceptors (Lipinski definition) is 4. The van der Waals surface area contributed by atoms with Gasteiger partial charge in [0.2, 0.25) is 5.91 Å². The van der Waals surface area contributed by atoms with E-state index in [-0.39, 0.29) is 23.7 Å². The fraction of sp³-hybridized carbons (Fsp3) is 0.435. The monoisotopic (exact) mass is 394 g/mol. The van der Waals surface area contributed by atoms with Crippen LogP contribution in [0.5, 0.6) is 5.75 Å². The third-order valence-corrected chi connectivity index (χ3v) is 6.12. The molecule has 6 nitrogen and oxygen atoms in total. The van der Waals surface area contributed by atoms with Crippen molar-refractivity contribution in [1.29, 1.82) is 0 Å². The van der Waals surface area contributed by atoms with Crippen molar-refractivity contribution in [1.82, 2.24) is 9.47 Å². The van der Waals surface area contributed by atoms with Gasteiger partial charge >= 0.3 is 0 Å². The number of aromatic nitrogens is 1. The quantitative estimate of drug-likeness (QED) is 0.786. The molecule has 0 aliphatic carbocycles. The summed E-state index contributed by atoms with van der Waals surface area (Å²) < 4.78 is 8.15. The van der Waals surface area contributed by atoms with Gasteiger partial charge in [-0.05, 0) is 32.9 Å². The fourth-order valence-corrected chi connectivity index (χ4v) is 4.42. The third-order valence-electron chi connectivity index (χ3n) is 6.12. The molecule has 2 aromatic rings. The van der Waals surface area contributed by atoms with Crippen LogP contribution in [0.1, 0.15) is 46.6 Å². The molecule has 1 amide bonds. The van der Waals surface area contributed by atoms with Crippen LogP contribution in [-0.2, 0) is 11.3 Å². The lowest BCUT2D eigenvalue weighted by Crippen LogP contribution is -2.52. The summed E-state index contributed by atoms with van der Waals surface area (Å²) in [6, 6.07) is 8.82. The zero-order valence-corrected chi connectivity index (χ0v) is 17.2. The Bertz CT molecular complexity index is 1020. The van der Waals surface area contributed by atoms with Gasteiger partial charge in [0.25, 0.3) is 0 Å². The topological polar surface area (TPSA) is 68.6 Å². The molecular weight excluding hydrogens is 368 g/mol. The van der Waals surface area contributed by atoms with Crippen LogP contribution in [0, 0.1) is 20.8 Å². The van der Waals surface area contributed by atoms with Gasteiger partial charge in [0.1, 0.15) is 17.9 Å². The van der Waals surface area contributed by atoms with Crippen molar-refractivity contribution in [2.45, 2.75) is 52.2 Å². The Kier molecular flexibility index (Phi) is 4.81. The highest BCUT2D eigenvalue weighted by atomic mass is 16.5. The second-order valence-electron chi connectivity index (χ2n) is 8.33. The lowest BCUT2D eigenvalue weighted by Gasteiger charge is -2.44. The minimum Gasteiger partial charge on any atom is -0.486 e. The Morgan fingerprint density at radius 1 is 1.03 bits per heavy atom. The molecule has 2 aliphatic heterocycles. The van der Waals surface area contributed by atoms with Gasteiger partial charge < -0.3 is 14.2 Å². The summed E-state index contributed by atoms with van der Waals surface area (Å²) in [6.07, 6.45) is 1.64. The number of nitrogens with zero attached hydrogens (tertiary/aromatic N) is 2.